The highest BCUT2D eigenvalue weighted by Crippen LogP contribution is 2.24. The molecule has 0 saturated carbocycles. The second-order valence-electron chi connectivity index (χ2n) is 3.04. The predicted molar refractivity (Wildman–Crippen MR) is 63.2 cm³/mol. The monoisotopic (exact) mass is 258 g/mol. The van der Waals surface area contributed by atoms with E-state index in [1.54, 1.807) is 6.92 Å². The maximum Gasteiger partial charge on any atom is 0.306 e. The van der Waals surface area contributed by atoms with Gasteiger partial charge in [-0.1, -0.05) is 11.3 Å². The van der Waals surface area contributed by atoms with Gasteiger partial charge in [-0.15, -0.1) is 0 Å². The van der Waals surface area contributed by atoms with Crippen molar-refractivity contribution in [3.63, 3.8) is 0 Å². The van der Waals surface area contributed by atoms with Crippen LogP contribution in [0.5, 0.6) is 5.06 Å². The Hall–Kier alpha value is -1.63. The van der Waals surface area contributed by atoms with Crippen molar-refractivity contribution in [2.45, 2.75) is 19.8 Å². The molecule has 94 valence electrons. The highest BCUT2D eigenvalue weighted by atomic mass is 32.1. The molecule has 1 heterocycles. The normalized spacial score (nSPS) is 9.76. The zero-order valence-electron chi connectivity index (χ0n) is 9.69. The third-order valence-corrected chi connectivity index (χ3v) is 2.67. The predicted octanol–water partition coefficient (Wildman–Crippen LogP) is 1.43. The summed E-state index contributed by atoms with van der Waals surface area (Å²) in [6.07, 6.45) is 1.68. The SMILES string of the molecule is CCOC(=O)CCC(=O)Nc1ncc(OC)s1. The van der Waals surface area contributed by atoms with Crippen LogP contribution in [0.15, 0.2) is 6.20 Å². The smallest absolute Gasteiger partial charge is 0.306 e. The van der Waals surface area contributed by atoms with Crippen molar-refractivity contribution in [3.8, 4) is 5.06 Å². The molecule has 0 aliphatic heterocycles. The van der Waals surface area contributed by atoms with Crippen LogP contribution >= 0.6 is 11.3 Å². The fourth-order valence-corrected chi connectivity index (χ4v) is 1.69. The first-order valence-electron chi connectivity index (χ1n) is 5.11. The maximum absolute atomic E-state index is 11.4. The lowest BCUT2D eigenvalue weighted by Crippen LogP contribution is -2.14. The Labute approximate surface area is 103 Å². The van der Waals surface area contributed by atoms with Gasteiger partial charge in [0.15, 0.2) is 10.2 Å². The number of esters is 1. The standard InChI is InChI=1S/C10H14N2O4S/c1-3-16-8(14)5-4-7(13)12-10-11-6-9(15-2)17-10/h6H,3-5H2,1-2H3,(H,11,12,13). The van der Waals surface area contributed by atoms with Crippen LogP contribution in [-0.4, -0.2) is 30.6 Å². The second kappa shape index (κ2) is 6.85. The molecule has 6 nitrogen and oxygen atoms in total. The van der Waals surface area contributed by atoms with Crippen LogP contribution in [0, 0.1) is 0 Å². The number of aromatic nitrogens is 1. The average molecular weight is 258 g/mol. The average Bonchev–Trinajstić information content (AvgIpc) is 2.74. The van der Waals surface area contributed by atoms with Gasteiger partial charge in [0.05, 0.1) is 26.3 Å². The van der Waals surface area contributed by atoms with Gasteiger partial charge in [0.2, 0.25) is 5.91 Å². The topological polar surface area (TPSA) is 77.5 Å². The van der Waals surface area contributed by atoms with Crippen molar-refractivity contribution < 1.29 is 19.1 Å². The van der Waals surface area contributed by atoms with Gasteiger partial charge in [-0.3, -0.25) is 9.59 Å². The largest absolute Gasteiger partial charge is 0.486 e. The highest BCUT2D eigenvalue weighted by molar-refractivity contribution is 7.17. The van der Waals surface area contributed by atoms with E-state index in [0.29, 0.717) is 16.8 Å². The molecular formula is C10H14N2O4S. The Morgan fingerprint density at radius 3 is 2.82 bits per heavy atom. The van der Waals surface area contributed by atoms with Gasteiger partial charge in [0.1, 0.15) is 0 Å². The Balaban J connectivity index is 2.32. The molecular weight excluding hydrogens is 244 g/mol. The molecule has 1 rings (SSSR count). The fraction of sp³-hybridized carbons (Fsp3) is 0.500. The van der Waals surface area contributed by atoms with Crippen molar-refractivity contribution in [2.24, 2.45) is 0 Å². The molecule has 0 radical (unpaired) electrons. The van der Waals surface area contributed by atoms with Crippen molar-refractivity contribution >= 4 is 28.3 Å². The molecule has 0 unspecified atom stereocenters. The molecule has 0 aliphatic carbocycles. The molecule has 0 aromatic carbocycles. The Morgan fingerprint density at radius 2 is 2.24 bits per heavy atom. The van der Waals surface area contributed by atoms with Gasteiger partial charge < -0.3 is 14.8 Å². The number of hydrogen-bond acceptors (Lipinski definition) is 6. The van der Waals surface area contributed by atoms with Gasteiger partial charge in [0.25, 0.3) is 0 Å². The summed E-state index contributed by atoms with van der Waals surface area (Å²) in [5, 5.41) is 3.65. The van der Waals surface area contributed by atoms with Gasteiger partial charge in [-0.2, -0.15) is 0 Å². The number of amides is 1. The minimum absolute atomic E-state index is 0.0716. The van der Waals surface area contributed by atoms with E-state index in [1.165, 1.54) is 24.6 Å². The van der Waals surface area contributed by atoms with Crippen LogP contribution in [-0.2, 0) is 14.3 Å². The van der Waals surface area contributed by atoms with Crippen LogP contribution in [0.3, 0.4) is 0 Å². The number of anilines is 1. The fourth-order valence-electron chi connectivity index (χ4n) is 1.04. The summed E-state index contributed by atoms with van der Waals surface area (Å²) in [5.74, 6) is -0.644. The quantitative estimate of drug-likeness (QED) is 0.781. The number of nitrogens with zero attached hydrogens (tertiary/aromatic N) is 1. The zero-order valence-corrected chi connectivity index (χ0v) is 10.5. The first kappa shape index (κ1) is 13.4. The number of thiazole rings is 1. The Bertz CT molecular complexity index is 391. The minimum Gasteiger partial charge on any atom is -0.486 e. The van der Waals surface area contributed by atoms with Crippen molar-refractivity contribution in [1.82, 2.24) is 4.98 Å². The molecule has 0 spiro atoms. The van der Waals surface area contributed by atoms with Crippen LogP contribution < -0.4 is 10.1 Å². The minimum atomic E-state index is -0.376. The van der Waals surface area contributed by atoms with Crippen molar-refractivity contribution in [1.29, 1.82) is 0 Å². The van der Waals surface area contributed by atoms with Gasteiger partial charge >= 0.3 is 5.97 Å². The van der Waals surface area contributed by atoms with Crippen LogP contribution in [0.4, 0.5) is 5.13 Å². The molecule has 0 saturated heterocycles. The molecule has 0 aliphatic rings. The van der Waals surface area contributed by atoms with E-state index in [9.17, 15) is 9.59 Å². The molecule has 7 heteroatoms. The molecule has 0 bridgehead atoms. The zero-order chi connectivity index (χ0) is 12.7. The van der Waals surface area contributed by atoms with Crippen molar-refractivity contribution in [3.05, 3.63) is 6.20 Å². The molecule has 1 N–H and O–H groups in total. The van der Waals surface area contributed by atoms with Gasteiger partial charge in [-0.25, -0.2) is 4.98 Å². The lowest BCUT2D eigenvalue weighted by molar-refractivity contribution is -0.144. The van der Waals surface area contributed by atoms with E-state index in [-0.39, 0.29) is 24.7 Å². The Morgan fingerprint density at radius 1 is 1.47 bits per heavy atom. The third kappa shape index (κ3) is 4.81. The molecule has 0 fully saturated rings. The number of nitrogens with one attached hydrogen (secondary N) is 1. The summed E-state index contributed by atoms with van der Waals surface area (Å²) in [7, 11) is 1.53. The summed E-state index contributed by atoms with van der Waals surface area (Å²) in [6.45, 7) is 2.05. The van der Waals surface area contributed by atoms with E-state index in [2.05, 4.69) is 10.3 Å². The van der Waals surface area contributed by atoms with E-state index >= 15 is 0 Å². The number of hydrogen-bond donors (Lipinski definition) is 1. The van der Waals surface area contributed by atoms with Gasteiger partial charge in [0, 0.05) is 6.42 Å². The van der Waals surface area contributed by atoms with E-state index in [0.717, 1.165) is 0 Å². The van der Waals surface area contributed by atoms with E-state index < -0.39 is 0 Å². The lowest BCUT2D eigenvalue weighted by atomic mass is 10.3. The molecule has 0 atom stereocenters. The number of methoxy groups -OCH3 is 1. The lowest BCUT2D eigenvalue weighted by Gasteiger charge is -2.01. The molecule has 1 amide bonds. The number of ether oxygens (including phenoxy) is 2. The van der Waals surface area contributed by atoms with Crippen molar-refractivity contribution in [2.75, 3.05) is 19.0 Å². The van der Waals surface area contributed by atoms with E-state index in [4.69, 9.17) is 9.47 Å². The van der Waals surface area contributed by atoms with Crippen LogP contribution in [0.25, 0.3) is 0 Å². The van der Waals surface area contributed by atoms with E-state index in [1.807, 2.05) is 0 Å². The first-order valence-corrected chi connectivity index (χ1v) is 5.92. The molecule has 1 aromatic heterocycles. The third-order valence-electron chi connectivity index (χ3n) is 1.79. The molecule has 17 heavy (non-hydrogen) atoms. The first-order chi connectivity index (χ1) is 8.15. The number of rotatable bonds is 6. The Kier molecular flexibility index (Phi) is 5.41. The number of carbonyl (C=O) groups excluding carboxylic acids is 2. The maximum atomic E-state index is 11.4. The molecule has 1 aromatic rings. The summed E-state index contributed by atoms with van der Waals surface area (Å²) in [6, 6.07) is 0. The summed E-state index contributed by atoms with van der Waals surface area (Å²) >= 11 is 1.22. The summed E-state index contributed by atoms with van der Waals surface area (Å²) in [4.78, 5) is 26.4. The van der Waals surface area contributed by atoms with Crippen LogP contribution in [0.2, 0.25) is 0 Å². The van der Waals surface area contributed by atoms with Crippen LogP contribution in [0.1, 0.15) is 19.8 Å². The van der Waals surface area contributed by atoms with Gasteiger partial charge in [-0.05, 0) is 6.92 Å². The summed E-state index contributed by atoms with van der Waals surface area (Å²) < 4.78 is 9.65. The second-order valence-corrected chi connectivity index (χ2v) is 4.03. The number of carbonyl (C=O) groups is 2. The highest BCUT2D eigenvalue weighted by Gasteiger charge is 2.09. The summed E-state index contributed by atoms with van der Waals surface area (Å²) in [5.41, 5.74) is 0.